The van der Waals surface area contributed by atoms with E-state index in [1.54, 1.807) is 0 Å². The van der Waals surface area contributed by atoms with E-state index >= 15 is 0 Å². The maximum absolute atomic E-state index is 13.2. The Morgan fingerprint density at radius 2 is 1.90 bits per heavy atom. The van der Waals surface area contributed by atoms with Gasteiger partial charge in [-0.3, -0.25) is 10.2 Å². The van der Waals surface area contributed by atoms with Crippen molar-refractivity contribution in [1.29, 1.82) is 0 Å². The van der Waals surface area contributed by atoms with Crippen LogP contribution in [0.2, 0.25) is 0 Å². The van der Waals surface area contributed by atoms with E-state index in [4.69, 9.17) is 0 Å². The summed E-state index contributed by atoms with van der Waals surface area (Å²) in [6.07, 6.45) is 4.66. The molecule has 1 aliphatic carbocycles. The first-order valence-corrected chi connectivity index (χ1v) is 11.1. The summed E-state index contributed by atoms with van der Waals surface area (Å²) in [5.41, 5.74) is 5.41. The van der Waals surface area contributed by atoms with Crippen molar-refractivity contribution in [3.63, 3.8) is 0 Å². The standard InChI is InChI=1S/C22H23N5O2S/c1-13-3-5-15(6-4-13)16-11-30-19-17(16)18(23-12-24-19)26-27-20(28)22(25-21(27)29)9-7-14(2)8-10-22/h3-6,11-12,14H,7-10H2,1-2H3,(H,25,29)(H,23,24,26). The number of nitrogens with one attached hydrogen (secondary N) is 2. The van der Waals surface area contributed by atoms with Crippen LogP contribution in [-0.4, -0.2) is 32.5 Å². The smallest absolute Gasteiger partial charge is 0.322 e. The Labute approximate surface area is 178 Å². The highest BCUT2D eigenvalue weighted by Gasteiger charge is 2.52. The molecule has 5 rings (SSSR count). The molecule has 3 heterocycles. The Morgan fingerprint density at radius 3 is 2.63 bits per heavy atom. The van der Waals surface area contributed by atoms with E-state index in [9.17, 15) is 9.59 Å². The van der Waals surface area contributed by atoms with E-state index in [0.717, 1.165) is 39.2 Å². The number of carbonyl (C=O) groups excluding carboxylic acids is 2. The van der Waals surface area contributed by atoms with Crippen LogP contribution in [-0.2, 0) is 4.79 Å². The summed E-state index contributed by atoms with van der Waals surface area (Å²) < 4.78 is 0. The maximum Gasteiger partial charge on any atom is 0.344 e. The molecule has 0 unspecified atom stereocenters. The van der Waals surface area contributed by atoms with E-state index in [0.29, 0.717) is 24.6 Å². The second-order valence-electron chi connectivity index (χ2n) is 8.36. The van der Waals surface area contributed by atoms with Crippen LogP contribution < -0.4 is 10.7 Å². The summed E-state index contributed by atoms with van der Waals surface area (Å²) in [6, 6.07) is 7.80. The number of amides is 3. The molecular formula is C22H23N5O2S. The van der Waals surface area contributed by atoms with Crippen LogP contribution in [0.25, 0.3) is 21.3 Å². The number of imide groups is 1. The Kier molecular flexibility index (Phi) is 4.47. The van der Waals surface area contributed by atoms with Crippen molar-refractivity contribution in [3.8, 4) is 11.1 Å². The third kappa shape index (κ3) is 3.02. The molecule has 0 atom stereocenters. The number of aromatic nitrogens is 2. The van der Waals surface area contributed by atoms with Gasteiger partial charge in [0, 0.05) is 10.9 Å². The minimum Gasteiger partial charge on any atom is -0.322 e. The summed E-state index contributed by atoms with van der Waals surface area (Å²) >= 11 is 1.51. The van der Waals surface area contributed by atoms with Crippen LogP contribution in [0.1, 0.15) is 38.2 Å². The summed E-state index contributed by atoms with van der Waals surface area (Å²) in [4.78, 5) is 35.5. The van der Waals surface area contributed by atoms with Crippen LogP contribution in [0.4, 0.5) is 10.6 Å². The molecule has 0 radical (unpaired) electrons. The van der Waals surface area contributed by atoms with Gasteiger partial charge >= 0.3 is 6.03 Å². The first-order chi connectivity index (χ1) is 14.5. The quantitative estimate of drug-likeness (QED) is 0.608. The second-order valence-corrected chi connectivity index (χ2v) is 9.22. The molecule has 2 N–H and O–H groups in total. The van der Waals surface area contributed by atoms with Crippen LogP contribution >= 0.6 is 11.3 Å². The van der Waals surface area contributed by atoms with E-state index in [1.807, 2.05) is 12.3 Å². The summed E-state index contributed by atoms with van der Waals surface area (Å²) in [5, 5.41) is 6.87. The van der Waals surface area contributed by atoms with Crippen molar-refractivity contribution in [3.05, 3.63) is 41.5 Å². The number of carbonyl (C=O) groups is 2. The minimum absolute atomic E-state index is 0.224. The van der Waals surface area contributed by atoms with Crippen molar-refractivity contribution in [1.82, 2.24) is 20.3 Å². The van der Waals surface area contributed by atoms with E-state index < -0.39 is 11.6 Å². The average Bonchev–Trinajstić information content (AvgIpc) is 3.27. The van der Waals surface area contributed by atoms with Crippen molar-refractivity contribution in [2.24, 2.45) is 5.92 Å². The number of hydrogen-bond donors (Lipinski definition) is 2. The summed E-state index contributed by atoms with van der Waals surface area (Å²) in [7, 11) is 0. The fourth-order valence-corrected chi connectivity index (χ4v) is 5.24. The highest BCUT2D eigenvalue weighted by atomic mass is 32.1. The lowest BCUT2D eigenvalue weighted by molar-refractivity contribution is -0.131. The molecule has 0 bridgehead atoms. The van der Waals surface area contributed by atoms with Gasteiger partial charge in [-0.05, 0) is 44.1 Å². The van der Waals surface area contributed by atoms with E-state index in [2.05, 4.69) is 51.9 Å². The average molecular weight is 422 g/mol. The van der Waals surface area contributed by atoms with Crippen molar-refractivity contribution in [2.75, 3.05) is 5.43 Å². The van der Waals surface area contributed by atoms with Gasteiger partial charge in [-0.2, -0.15) is 5.01 Å². The zero-order valence-corrected chi connectivity index (χ0v) is 17.8. The van der Waals surface area contributed by atoms with Gasteiger partial charge in [0.15, 0.2) is 5.82 Å². The Balaban J connectivity index is 1.50. The number of anilines is 1. The molecule has 2 aromatic heterocycles. The molecule has 1 aromatic carbocycles. The molecule has 3 amide bonds. The number of hydrazine groups is 1. The number of fused-ring (bicyclic) bond motifs is 1. The van der Waals surface area contributed by atoms with Crippen molar-refractivity contribution < 1.29 is 9.59 Å². The number of nitrogens with zero attached hydrogens (tertiary/aromatic N) is 3. The third-order valence-electron chi connectivity index (χ3n) is 6.24. The first-order valence-electron chi connectivity index (χ1n) is 10.2. The van der Waals surface area contributed by atoms with Crippen LogP contribution in [0, 0.1) is 12.8 Å². The molecular weight excluding hydrogens is 398 g/mol. The molecule has 8 heteroatoms. The predicted molar refractivity (Wildman–Crippen MR) is 117 cm³/mol. The lowest BCUT2D eigenvalue weighted by Crippen LogP contribution is -2.49. The summed E-state index contributed by atoms with van der Waals surface area (Å²) in [6.45, 7) is 4.23. The van der Waals surface area contributed by atoms with Gasteiger partial charge in [0.25, 0.3) is 5.91 Å². The molecule has 1 saturated carbocycles. The highest BCUT2D eigenvalue weighted by molar-refractivity contribution is 7.17. The van der Waals surface area contributed by atoms with Crippen LogP contribution in [0.15, 0.2) is 36.0 Å². The maximum atomic E-state index is 13.2. The molecule has 7 nitrogen and oxygen atoms in total. The Morgan fingerprint density at radius 1 is 1.17 bits per heavy atom. The van der Waals surface area contributed by atoms with Gasteiger partial charge in [-0.15, -0.1) is 11.3 Å². The molecule has 2 fully saturated rings. The SMILES string of the molecule is Cc1ccc(-c2csc3ncnc(NN4C(=O)NC5(CCC(C)CC5)C4=O)c23)cc1. The highest BCUT2D eigenvalue weighted by Crippen LogP contribution is 2.39. The van der Waals surface area contributed by atoms with Gasteiger partial charge < -0.3 is 5.32 Å². The van der Waals surface area contributed by atoms with E-state index in [-0.39, 0.29) is 5.91 Å². The van der Waals surface area contributed by atoms with Crippen molar-refractivity contribution >= 4 is 39.3 Å². The first kappa shape index (κ1) is 19.0. The normalized spacial score (nSPS) is 23.9. The molecule has 1 saturated heterocycles. The van der Waals surface area contributed by atoms with E-state index in [1.165, 1.54) is 23.2 Å². The third-order valence-corrected chi connectivity index (χ3v) is 7.13. The fourth-order valence-electron chi connectivity index (χ4n) is 4.33. The largest absolute Gasteiger partial charge is 0.344 e. The van der Waals surface area contributed by atoms with Gasteiger partial charge in [0.1, 0.15) is 16.7 Å². The number of rotatable bonds is 3. The molecule has 3 aromatic rings. The topological polar surface area (TPSA) is 87.2 Å². The predicted octanol–water partition coefficient (Wildman–Crippen LogP) is 4.49. The van der Waals surface area contributed by atoms with Gasteiger partial charge in [0.05, 0.1) is 5.39 Å². The number of aryl methyl sites for hydroxylation is 1. The number of hydrogen-bond acceptors (Lipinski definition) is 6. The molecule has 1 spiro atoms. The molecule has 1 aliphatic heterocycles. The monoisotopic (exact) mass is 421 g/mol. The molecule has 154 valence electrons. The number of benzene rings is 1. The summed E-state index contributed by atoms with van der Waals surface area (Å²) in [5.74, 6) is 0.812. The Bertz CT molecular complexity index is 1130. The number of urea groups is 1. The fraction of sp³-hybridized carbons (Fsp3) is 0.364. The van der Waals surface area contributed by atoms with Gasteiger partial charge in [0.2, 0.25) is 0 Å². The molecule has 2 aliphatic rings. The van der Waals surface area contributed by atoms with Gasteiger partial charge in [-0.25, -0.2) is 14.8 Å². The minimum atomic E-state index is -0.794. The van der Waals surface area contributed by atoms with Crippen LogP contribution in [0.3, 0.4) is 0 Å². The zero-order valence-electron chi connectivity index (χ0n) is 16.9. The van der Waals surface area contributed by atoms with Crippen molar-refractivity contribution in [2.45, 2.75) is 45.1 Å². The zero-order chi connectivity index (χ0) is 20.9. The second kappa shape index (κ2) is 7.05. The number of thiophene rings is 1. The van der Waals surface area contributed by atoms with Crippen LogP contribution in [0.5, 0.6) is 0 Å². The Hall–Kier alpha value is -3.00. The van der Waals surface area contributed by atoms with Gasteiger partial charge in [-0.1, -0.05) is 36.8 Å². The lowest BCUT2D eigenvalue weighted by atomic mass is 9.77. The lowest BCUT2D eigenvalue weighted by Gasteiger charge is -2.33. The molecule has 30 heavy (non-hydrogen) atoms.